The van der Waals surface area contributed by atoms with Gasteiger partial charge < -0.3 is 32.8 Å². The molecule has 0 bridgehead atoms. The minimum Gasteiger partial charge on any atom is -0.493 e. The molecule has 0 fully saturated rings. The second kappa shape index (κ2) is 12.3. The van der Waals surface area contributed by atoms with Crippen LogP contribution in [0.1, 0.15) is 28.1 Å². The second-order valence-corrected chi connectivity index (χ2v) is 10.4. The Balaban J connectivity index is 1.28. The number of furan rings is 1. The quantitative estimate of drug-likeness (QED) is 0.188. The van der Waals surface area contributed by atoms with Crippen molar-refractivity contribution in [2.45, 2.75) is 26.7 Å². The van der Waals surface area contributed by atoms with Crippen LogP contribution < -0.4 is 14.2 Å². The Morgan fingerprint density at radius 2 is 1.95 bits per heavy atom. The van der Waals surface area contributed by atoms with Crippen LogP contribution in [0.4, 0.5) is 0 Å². The molecular weight excluding hydrogens is 551 g/mol. The Kier molecular flexibility index (Phi) is 8.34. The predicted molar refractivity (Wildman–Crippen MR) is 147 cm³/mol. The van der Waals surface area contributed by atoms with Gasteiger partial charge in [-0.1, -0.05) is 12.1 Å². The van der Waals surface area contributed by atoms with Crippen molar-refractivity contribution < 1.29 is 37.4 Å². The number of hydrogen-bond donors (Lipinski definition) is 2. The average molecular weight is 579 g/mol. The van der Waals surface area contributed by atoms with Crippen LogP contribution in [0, 0.1) is 6.92 Å². The molecule has 5 aromatic rings. The van der Waals surface area contributed by atoms with Gasteiger partial charge in [0.25, 0.3) is 5.89 Å². The molecule has 0 aliphatic rings. The van der Waals surface area contributed by atoms with Crippen molar-refractivity contribution in [2.24, 2.45) is 0 Å². The first-order chi connectivity index (χ1) is 19.8. The molecule has 0 unspecified atom stereocenters. The highest BCUT2D eigenvalue weighted by Crippen LogP contribution is 2.38. The maximum absolute atomic E-state index is 11.4. The molecule has 0 spiro atoms. The lowest BCUT2D eigenvalue weighted by Crippen LogP contribution is -2.03. The summed E-state index contributed by atoms with van der Waals surface area (Å²) in [6.45, 7) is 2.48. The van der Waals surface area contributed by atoms with Gasteiger partial charge >= 0.3 is 7.60 Å². The number of aryl methyl sites for hydroxylation is 1. The fraction of sp³-hybridized carbons (Fsp3) is 0.179. The summed E-state index contributed by atoms with van der Waals surface area (Å²) in [4.78, 5) is 27.1. The number of methoxy groups -OCH3 is 1. The molecule has 0 aliphatic carbocycles. The molecule has 41 heavy (non-hydrogen) atoms. The Labute approximate surface area is 235 Å². The van der Waals surface area contributed by atoms with E-state index < -0.39 is 7.60 Å². The molecule has 0 atom stereocenters. The van der Waals surface area contributed by atoms with Crippen molar-refractivity contribution in [3.63, 3.8) is 0 Å². The second-order valence-electron chi connectivity index (χ2n) is 8.92. The largest absolute Gasteiger partial charge is 0.493 e. The van der Waals surface area contributed by atoms with Gasteiger partial charge in [0.05, 0.1) is 25.5 Å². The monoisotopic (exact) mass is 578 g/mol. The molecule has 1 aromatic carbocycles. The Bertz CT molecular complexity index is 1670. The van der Waals surface area contributed by atoms with Gasteiger partial charge in [-0.3, -0.25) is 14.2 Å². The number of ether oxygens (including phenoxy) is 3. The average Bonchev–Trinajstić information content (AvgIpc) is 3.70. The van der Waals surface area contributed by atoms with E-state index in [1.807, 2.05) is 18.2 Å². The molecule has 212 valence electrons. The number of rotatable bonds is 12. The van der Waals surface area contributed by atoms with Crippen LogP contribution in [0.25, 0.3) is 17.7 Å². The van der Waals surface area contributed by atoms with Crippen molar-refractivity contribution >= 4 is 13.7 Å². The van der Waals surface area contributed by atoms with Gasteiger partial charge in [-0.05, 0) is 54.5 Å². The summed E-state index contributed by atoms with van der Waals surface area (Å²) in [6, 6.07) is 12.6. The summed E-state index contributed by atoms with van der Waals surface area (Å²) < 4.78 is 41.5. The van der Waals surface area contributed by atoms with Gasteiger partial charge in [0, 0.05) is 24.4 Å². The number of nitrogens with zero attached hydrogens (tertiary/aromatic N) is 4. The van der Waals surface area contributed by atoms with Gasteiger partial charge in [0.1, 0.15) is 24.7 Å². The summed E-state index contributed by atoms with van der Waals surface area (Å²) in [5.74, 6) is 3.55. The fourth-order valence-corrected chi connectivity index (χ4v) is 4.22. The van der Waals surface area contributed by atoms with E-state index in [2.05, 4.69) is 15.1 Å². The molecule has 0 amide bonds. The molecule has 12 nitrogen and oxygen atoms in total. The minimum atomic E-state index is -4.37. The van der Waals surface area contributed by atoms with Crippen molar-refractivity contribution in [3.05, 3.63) is 101 Å². The number of oxazole rings is 1. The highest BCUT2D eigenvalue weighted by Gasteiger charge is 2.16. The van der Waals surface area contributed by atoms with E-state index in [9.17, 15) is 14.4 Å². The van der Waals surface area contributed by atoms with E-state index in [-0.39, 0.29) is 19.1 Å². The van der Waals surface area contributed by atoms with E-state index in [0.717, 1.165) is 16.9 Å². The SMILES string of the molecule is COc1cc(COc2nn(Cc3cccnc3)cc2C=CP(=O)(O)O)ccc1OCc1nc(-c2ccco2)oc1C. The lowest BCUT2D eigenvalue weighted by molar-refractivity contribution is 0.275. The lowest BCUT2D eigenvalue weighted by Gasteiger charge is -2.12. The van der Waals surface area contributed by atoms with Gasteiger partial charge in [0.15, 0.2) is 17.3 Å². The first kappa shape index (κ1) is 27.9. The third kappa shape index (κ3) is 7.31. The molecular formula is C28H27N4O8P. The zero-order chi connectivity index (χ0) is 28.8. The molecule has 0 saturated heterocycles. The first-order valence-corrected chi connectivity index (χ1v) is 14.1. The number of hydrogen-bond acceptors (Lipinski definition) is 9. The maximum Gasteiger partial charge on any atom is 0.349 e. The van der Waals surface area contributed by atoms with Crippen LogP contribution in [0.3, 0.4) is 0 Å². The van der Waals surface area contributed by atoms with E-state index in [4.69, 9.17) is 23.0 Å². The lowest BCUT2D eigenvalue weighted by atomic mass is 10.2. The highest BCUT2D eigenvalue weighted by atomic mass is 31.2. The Hall–Kier alpha value is -4.64. The summed E-state index contributed by atoms with van der Waals surface area (Å²) in [5.41, 5.74) is 2.72. The van der Waals surface area contributed by atoms with E-state index in [0.29, 0.717) is 46.7 Å². The molecule has 5 rings (SSSR count). The van der Waals surface area contributed by atoms with Crippen LogP contribution in [0.5, 0.6) is 17.4 Å². The number of aromatic nitrogens is 4. The van der Waals surface area contributed by atoms with Crippen molar-refractivity contribution in [1.29, 1.82) is 0 Å². The van der Waals surface area contributed by atoms with E-state index >= 15 is 0 Å². The summed E-state index contributed by atoms with van der Waals surface area (Å²) in [5, 5.41) is 4.46. The highest BCUT2D eigenvalue weighted by molar-refractivity contribution is 7.55. The van der Waals surface area contributed by atoms with Crippen molar-refractivity contribution in [2.75, 3.05) is 7.11 Å². The Morgan fingerprint density at radius 3 is 2.68 bits per heavy atom. The third-order valence-electron chi connectivity index (χ3n) is 5.86. The van der Waals surface area contributed by atoms with Crippen molar-refractivity contribution in [3.8, 4) is 29.0 Å². The topological polar surface area (TPSA) is 155 Å². The zero-order valence-corrected chi connectivity index (χ0v) is 23.1. The van der Waals surface area contributed by atoms with Crippen LogP contribution >= 0.6 is 7.60 Å². The van der Waals surface area contributed by atoms with Gasteiger partial charge in [-0.25, -0.2) is 4.98 Å². The number of pyridine rings is 1. The molecule has 4 aromatic heterocycles. The van der Waals surface area contributed by atoms with Crippen LogP contribution in [0.2, 0.25) is 0 Å². The maximum atomic E-state index is 11.4. The smallest absolute Gasteiger partial charge is 0.349 e. The van der Waals surface area contributed by atoms with Gasteiger partial charge in [0.2, 0.25) is 5.88 Å². The summed E-state index contributed by atoms with van der Waals surface area (Å²) in [7, 11) is -2.84. The molecule has 13 heteroatoms. The Morgan fingerprint density at radius 1 is 1.07 bits per heavy atom. The molecule has 2 N–H and O–H groups in total. The standard InChI is InChI=1S/C28H27N4O8P/c1-19-23(30-28(40-19)25-6-4-11-37-25)18-38-24-8-7-20(13-26(24)36-2)17-39-27-22(9-12-41(33,34)35)16-32(31-27)15-21-5-3-10-29-14-21/h3-14,16H,15,17-18H2,1-2H3,(H2,33,34,35). The fourth-order valence-electron chi connectivity index (χ4n) is 3.87. The molecule has 0 aliphatic heterocycles. The van der Waals surface area contributed by atoms with E-state index in [1.165, 1.54) is 13.2 Å². The molecule has 4 heterocycles. The third-order valence-corrected chi connectivity index (χ3v) is 6.40. The zero-order valence-electron chi connectivity index (χ0n) is 22.2. The van der Waals surface area contributed by atoms with Crippen LogP contribution in [-0.4, -0.2) is 36.6 Å². The van der Waals surface area contributed by atoms with Crippen molar-refractivity contribution in [1.82, 2.24) is 19.7 Å². The van der Waals surface area contributed by atoms with E-state index in [1.54, 1.807) is 60.7 Å². The van der Waals surface area contributed by atoms with Crippen LogP contribution in [0.15, 0.2) is 82.0 Å². The summed E-state index contributed by atoms with van der Waals surface area (Å²) >= 11 is 0. The summed E-state index contributed by atoms with van der Waals surface area (Å²) in [6.07, 6.45) is 7.88. The van der Waals surface area contributed by atoms with Gasteiger partial charge in [-0.2, -0.15) is 0 Å². The minimum absolute atomic E-state index is 0.117. The number of benzene rings is 1. The normalized spacial score (nSPS) is 11.7. The predicted octanol–water partition coefficient (Wildman–Crippen LogP) is 5.20. The molecule has 0 saturated carbocycles. The first-order valence-electron chi connectivity index (χ1n) is 12.4. The molecule has 0 radical (unpaired) electrons. The van der Waals surface area contributed by atoms with Gasteiger partial charge in [-0.15, -0.1) is 5.10 Å². The van der Waals surface area contributed by atoms with Crippen LogP contribution in [-0.2, 0) is 24.3 Å².